The first-order chi connectivity index (χ1) is 10.2. The average molecular weight is 283 g/mol. The molecule has 2 aromatic rings. The molecule has 0 amide bonds. The summed E-state index contributed by atoms with van der Waals surface area (Å²) < 4.78 is 27.3. The highest BCUT2D eigenvalue weighted by atomic mass is 19.1. The molecule has 0 radical (unpaired) electrons. The van der Waals surface area contributed by atoms with Crippen LogP contribution in [0.3, 0.4) is 0 Å². The number of hydrogen-bond acceptors (Lipinski definition) is 1. The lowest BCUT2D eigenvalue weighted by atomic mass is 9.77. The van der Waals surface area contributed by atoms with Crippen molar-refractivity contribution in [3.8, 4) is 0 Å². The molecule has 0 fully saturated rings. The van der Waals surface area contributed by atoms with Gasteiger partial charge in [0, 0.05) is 5.92 Å². The summed E-state index contributed by atoms with van der Waals surface area (Å²) in [5.74, 6) is 0.109. The monoisotopic (exact) mass is 283 g/mol. The molecule has 0 saturated heterocycles. The third-order valence-corrected chi connectivity index (χ3v) is 4.58. The zero-order valence-corrected chi connectivity index (χ0v) is 11.4. The van der Waals surface area contributed by atoms with E-state index in [-0.39, 0.29) is 23.6 Å². The van der Waals surface area contributed by atoms with Gasteiger partial charge in [0.15, 0.2) is 0 Å². The van der Waals surface area contributed by atoms with Gasteiger partial charge in [-0.25, -0.2) is 8.78 Å². The number of hydrogen-bond donors (Lipinski definition) is 1. The molecule has 106 valence electrons. The van der Waals surface area contributed by atoms with Crippen LogP contribution in [-0.4, -0.2) is 0 Å². The van der Waals surface area contributed by atoms with Gasteiger partial charge >= 0.3 is 0 Å². The number of rotatable bonds is 1. The molecule has 21 heavy (non-hydrogen) atoms. The Morgan fingerprint density at radius 1 is 1.00 bits per heavy atom. The first-order valence-corrected chi connectivity index (χ1v) is 7.21. The van der Waals surface area contributed by atoms with Crippen LogP contribution in [0, 0.1) is 17.6 Å². The Labute approximate surface area is 122 Å². The maximum absolute atomic E-state index is 14.1. The summed E-state index contributed by atoms with van der Waals surface area (Å²) in [6.07, 6.45) is 5.28. The van der Waals surface area contributed by atoms with Gasteiger partial charge in [0.25, 0.3) is 0 Å². The maximum Gasteiger partial charge on any atom is 0.146 e. The van der Waals surface area contributed by atoms with Crippen molar-refractivity contribution < 1.29 is 8.78 Å². The average Bonchev–Trinajstić information content (AvgIpc) is 2.98. The van der Waals surface area contributed by atoms with Crippen LogP contribution in [-0.2, 0) is 0 Å². The third kappa shape index (κ3) is 1.96. The van der Waals surface area contributed by atoms with Crippen LogP contribution < -0.4 is 5.32 Å². The molecule has 4 rings (SSSR count). The van der Waals surface area contributed by atoms with Crippen LogP contribution in [0.5, 0.6) is 0 Å². The van der Waals surface area contributed by atoms with Crippen LogP contribution in [0.25, 0.3) is 0 Å². The highest BCUT2D eigenvalue weighted by Crippen LogP contribution is 2.50. The van der Waals surface area contributed by atoms with Crippen molar-refractivity contribution in [1.29, 1.82) is 0 Å². The normalized spacial score (nSPS) is 26.1. The van der Waals surface area contributed by atoms with E-state index >= 15 is 0 Å². The lowest BCUT2D eigenvalue weighted by molar-refractivity contribution is 0.420. The zero-order chi connectivity index (χ0) is 14.4. The SMILES string of the molecule is Fc1ccc([C@H]2Nc3c(F)cccc3[C@@H]3C=CC[C@H]23)cc1. The van der Waals surface area contributed by atoms with Crippen LogP contribution in [0.4, 0.5) is 14.5 Å². The van der Waals surface area contributed by atoms with Crippen molar-refractivity contribution in [2.45, 2.75) is 18.4 Å². The Hall–Kier alpha value is -2.16. The van der Waals surface area contributed by atoms with Crippen molar-refractivity contribution >= 4 is 5.69 Å². The van der Waals surface area contributed by atoms with Crippen molar-refractivity contribution in [2.24, 2.45) is 5.92 Å². The van der Waals surface area contributed by atoms with E-state index in [2.05, 4.69) is 17.5 Å². The fourth-order valence-electron chi connectivity index (χ4n) is 3.58. The molecule has 0 aromatic heterocycles. The van der Waals surface area contributed by atoms with Crippen LogP contribution >= 0.6 is 0 Å². The van der Waals surface area contributed by atoms with Gasteiger partial charge in [-0.3, -0.25) is 0 Å². The summed E-state index contributed by atoms with van der Waals surface area (Å²) in [6, 6.07) is 11.7. The van der Waals surface area contributed by atoms with Crippen LogP contribution in [0.2, 0.25) is 0 Å². The highest BCUT2D eigenvalue weighted by molar-refractivity contribution is 5.60. The quantitative estimate of drug-likeness (QED) is 0.742. The summed E-state index contributed by atoms with van der Waals surface area (Å²) in [5, 5.41) is 3.33. The van der Waals surface area contributed by atoms with E-state index in [9.17, 15) is 8.78 Å². The second-order valence-corrected chi connectivity index (χ2v) is 5.73. The van der Waals surface area contributed by atoms with E-state index in [1.54, 1.807) is 18.2 Å². The number of halogens is 2. The molecule has 1 aliphatic carbocycles. The van der Waals surface area contributed by atoms with Crippen molar-refractivity contribution in [3.05, 3.63) is 77.4 Å². The summed E-state index contributed by atoms with van der Waals surface area (Å²) in [4.78, 5) is 0. The fourth-order valence-corrected chi connectivity index (χ4v) is 3.58. The first-order valence-electron chi connectivity index (χ1n) is 7.21. The standard InChI is InChI=1S/C18H15F2N/c19-12-9-7-11(8-10-12)17-14-4-1-3-13(14)15-5-2-6-16(20)18(15)21-17/h1-3,5-10,13-14,17,21H,4H2/t13-,14+,17-/m1/s1. The number of para-hydroxylation sites is 1. The van der Waals surface area contributed by atoms with Gasteiger partial charge in [-0.15, -0.1) is 0 Å². The van der Waals surface area contributed by atoms with Gasteiger partial charge in [-0.1, -0.05) is 36.4 Å². The number of nitrogens with one attached hydrogen (secondary N) is 1. The fraction of sp³-hybridized carbons (Fsp3) is 0.222. The number of benzene rings is 2. The predicted molar refractivity (Wildman–Crippen MR) is 79.2 cm³/mol. The van der Waals surface area contributed by atoms with E-state index in [4.69, 9.17) is 0 Å². The minimum Gasteiger partial charge on any atom is -0.375 e. The topological polar surface area (TPSA) is 12.0 Å². The Morgan fingerprint density at radius 2 is 1.81 bits per heavy atom. The molecule has 3 heteroatoms. The zero-order valence-electron chi connectivity index (χ0n) is 11.4. The molecular formula is C18H15F2N. The third-order valence-electron chi connectivity index (χ3n) is 4.58. The molecule has 0 bridgehead atoms. The van der Waals surface area contributed by atoms with E-state index in [0.717, 1.165) is 17.5 Å². The molecular weight excluding hydrogens is 268 g/mol. The second kappa shape index (κ2) is 4.69. The molecule has 0 unspecified atom stereocenters. The lowest BCUT2D eigenvalue weighted by Gasteiger charge is -2.37. The van der Waals surface area contributed by atoms with Crippen LogP contribution in [0.15, 0.2) is 54.6 Å². The number of allylic oxidation sites excluding steroid dienone is 2. The lowest BCUT2D eigenvalue weighted by Crippen LogP contribution is -2.29. The molecule has 1 heterocycles. The molecule has 3 atom stereocenters. The Kier molecular flexibility index (Phi) is 2.81. The van der Waals surface area contributed by atoms with Crippen LogP contribution in [0.1, 0.15) is 29.5 Å². The van der Waals surface area contributed by atoms with Crippen molar-refractivity contribution in [3.63, 3.8) is 0 Å². The van der Waals surface area contributed by atoms with Gasteiger partial charge in [0.05, 0.1) is 11.7 Å². The maximum atomic E-state index is 14.1. The largest absolute Gasteiger partial charge is 0.375 e. The van der Waals surface area contributed by atoms with E-state index < -0.39 is 0 Å². The molecule has 0 saturated carbocycles. The summed E-state index contributed by atoms with van der Waals surface area (Å²) in [5.41, 5.74) is 2.61. The molecule has 0 spiro atoms. The van der Waals surface area contributed by atoms with Gasteiger partial charge in [-0.2, -0.15) is 0 Å². The summed E-state index contributed by atoms with van der Waals surface area (Å²) >= 11 is 0. The first kappa shape index (κ1) is 12.6. The van der Waals surface area contributed by atoms with Gasteiger partial charge < -0.3 is 5.32 Å². The van der Waals surface area contributed by atoms with Gasteiger partial charge in [0.2, 0.25) is 0 Å². The number of fused-ring (bicyclic) bond motifs is 3. The smallest absolute Gasteiger partial charge is 0.146 e. The second-order valence-electron chi connectivity index (χ2n) is 5.73. The van der Waals surface area contributed by atoms with Gasteiger partial charge in [-0.05, 0) is 41.7 Å². The van der Waals surface area contributed by atoms with E-state index in [0.29, 0.717) is 11.6 Å². The Morgan fingerprint density at radius 3 is 2.62 bits per heavy atom. The van der Waals surface area contributed by atoms with Gasteiger partial charge in [0.1, 0.15) is 11.6 Å². The molecule has 1 N–H and O–H groups in total. The minimum absolute atomic E-state index is 0.00926. The number of anilines is 1. The summed E-state index contributed by atoms with van der Waals surface area (Å²) in [7, 11) is 0. The predicted octanol–water partition coefficient (Wildman–Crippen LogP) is 4.79. The highest BCUT2D eigenvalue weighted by Gasteiger charge is 2.38. The molecule has 2 aliphatic rings. The Bertz CT molecular complexity index is 706. The summed E-state index contributed by atoms with van der Waals surface area (Å²) in [6.45, 7) is 0. The van der Waals surface area contributed by atoms with Crippen molar-refractivity contribution in [1.82, 2.24) is 0 Å². The van der Waals surface area contributed by atoms with Crippen molar-refractivity contribution in [2.75, 3.05) is 5.32 Å². The molecule has 1 aliphatic heterocycles. The molecule has 1 nitrogen and oxygen atoms in total. The molecule has 2 aromatic carbocycles. The van der Waals surface area contributed by atoms with E-state index in [1.807, 2.05) is 6.07 Å². The van der Waals surface area contributed by atoms with E-state index in [1.165, 1.54) is 18.2 Å². The Balaban J connectivity index is 1.81. The minimum atomic E-state index is -0.248.